The van der Waals surface area contributed by atoms with Gasteiger partial charge in [0.1, 0.15) is 6.54 Å². The molecule has 0 N–H and O–H groups in total. The Morgan fingerprint density at radius 2 is 2.03 bits per heavy atom. The van der Waals surface area contributed by atoms with Gasteiger partial charge in [0, 0.05) is 19.0 Å². The maximum absolute atomic E-state index is 12.9. The van der Waals surface area contributed by atoms with Gasteiger partial charge in [0.15, 0.2) is 11.6 Å². The number of nitrogens with zero attached hydrogens (tertiary/aromatic N) is 6. The molecule has 2 saturated heterocycles. The van der Waals surface area contributed by atoms with Crippen molar-refractivity contribution in [3.05, 3.63) is 28.2 Å². The first-order chi connectivity index (χ1) is 14.1. The average molecular weight is 417 g/mol. The lowest BCUT2D eigenvalue weighted by molar-refractivity contribution is -0.133. The summed E-state index contributed by atoms with van der Waals surface area (Å²) >= 11 is 1.47. The number of aromatic nitrogens is 4. The van der Waals surface area contributed by atoms with Gasteiger partial charge in [0.2, 0.25) is 5.91 Å². The van der Waals surface area contributed by atoms with Gasteiger partial charge in [0.25, 0.3) is 0 Å². The van der Waals surface area contributed by atoms with Crippen LogP contribution < -0.4 is 0 Å². The molecular weight excluding hydrogens is 388 g/mol. The first kappa shape index (κ1) is 20.2. The van der Waals surface area contributed by atoms with Crippen LogP contribution in [0.25, 0.3) is 0 Å². The summed E-state index contributed by atoms with van der Waals surface area (Å²) in [4.78, 5) is 30.5. The molecule has 2 aromatic rings. The molecule has 2 aliphatic rings. The van der Waals surface area contributed by atoms with Gasteiger partial charge in [-0.15, -0.1) is 16.4 Å². The highest BCUT2D eigenvalue weighted by molar-refractivity contribution is 7.12. The molecule has 1 amide bonds. The number of amides is 1. The summed E-state index contributed by atoms with van der Waals surface area (Å²) in [6.45, 7) is 6.35. The summed E-state index contributed by atoms with van der Waals surface area (Å²) in [5.41, 5.74) is 0. The fourth-order valence-electron chi connectivity index (χ4n) is 4.15. The highest BCUT2D eigenvalue weighted by Gasteiger charge is 2.30. The van der Waals surface area contributed by atoms with Crippen molar-refractivity contribution < 1.29 is 9.59 Å². The van der Waals surface area contributed by atoms with E-state index in [-0.39, 0.29) is 24.2 Å². The number of tetrazole rings is 1. The van der Waals surface area contributed by atoms with Crippen LogP contribution in [0.1, 0.15) is 48.1 Å². The van der Waals surface area contributed by atoms with E-state index in [0.717, 1.165) is 42.6 Å². The monoisotopic (exact) mass is 416 g/mol. The summed E-state index contributed by atoms with van der Waals surface area (Å²) in [5, 5.41) is 13.9. The van der Waals surface area contributed by atoms with Gasteiger partial charge in [-0.3, -0.25) is 14.5 Å². The zero-order chi connectivity index (χ0) is 20.2. The minimum atomic E-state index is -0.116. The lowest BCUT2D eigenvalue weighted by atomic mass is 9.93. The third-order valence-corrected chi connectivity index (χ3v) is 6.93. The number of thiophene rings is 1. The molecule has 9 heteroatoms. The number of hydrogen-bond donors (Lipinski definition) is 0. The zero-order valence-electron chi connectivity index (χ0n) is 16.9. The summed E-state index contributed by atoms with van der Waals surface area (Å²) < 4.78 is 1.62. The number of hydrogen-bond acceptors (Lipinski definition) is 7. The standard InChI is InChI=1S/C20H28N6O2S/c1-15-6-9-24(10-7-15)13-18-21-22-23-26(18)14-19(27)25-8-2-4-16(12-25)20(28)17-5-3-11-29-17/h3,5,11,15-16H,2,4,6-10,12-14H2,1H3/t16-/m1/s1. The van der Waals surface area contributed by atoms with E-state index in [4.69, 9.17) is 0 Å². The van der Waals surface area contributed by atoms with Gasteiger partial charge >= 0.3 is 0 Å². The van der Waals surface area contributed by atoms with Crippen molar-refractivity contribution in [3.8, 4) is 0 Å². The Balaban J connectivity index is 1.34. The molecule has 2 aromatic heterocycles. The Morgan fingerprint density at radius 1 is 1.21 bits per heavy atom. The van der Waals surface area contributed by atoms with E-state index in [9.17, 15) is 9.59 Å². The van der Waals surface area contributed by atoms with Crippen LogP contribution in [0.3, 0.4) is 0 Å². The molecular formula is C20H28N6O2S. The maximum Gasteiger partial charge on any atom is 0.244 e. The molecule has 2 aliphatic heterocycles. The minimum Gasteiger partial charge on any atom is -0.340 e. The molecule has 0 saturated carbocycles. The molecule has 8 nitrogen and oxygen atoms in total. The van der Waals surface area contributed by atoms with Crippen LogP contribution in [-0.4, -0.2) is 67.9 Å². The van der Waals surface area contributed by atoms with Gasteiger partial charge in [-0.25, -0.2) is 4.68 Å². The van der Waals surface area contributed by atoms with Gasteiger partial charge in [-0.2, -0.15) is 0 Å². The van der Waals surface area contributed by atoms with Crippen LogP contribution in [-0.2, 0) is 17.9 Å². The second kappa shape index (κ2) is 9.13. The maximum atomic E-state index is 12.9. The van der Waals surface area contributed by atoms with E-state index >= 15 is 0 Å². The summed E-state index contributed by atoms with van der Waals surface area (Å²) in [6, 6.07) is 3.76. The van der Waals surface area contributed by atoms with Crippen LogP contribution in [0.2, 0.25) is 0 Å². The Morgan fingerprint density at radius 3 is 2.79 bits per heavy atom. The van der Waals surface area contributed by atoms with E-state index in [1.165, 1.54) is 24.2 Å². The number of rotatable bonds is 6. The van der Waals surface area contributed by atoms with Crippen molar-refractivity contribution in [2.24, 2.45) is 11.8 Å². The second-order valence-electron chi connectivity index (χ2n) is 8.23. The molecule has 0 spiro atoms. The highest BCUT2D eigenvalue weighted by Crippen LogP contribution is 2.23. The quantitative estimate of drug-likeness (QED) is 0.671. The van der Waals surface area contributed by atoms with Crippen molar-refractivity contribution in [2.75, 3.05) is 26.2 Å². The predicted octanol–water partition coefficient (Wildman–Crippen LogP) is 2.09. The number of piperidine rings is 2. The summed E-state index contributed by atoms with van der Waals surface area (Å²) in [7, 11) is 0. The molecule has 4 rings (SSSR count). The Bertz CT molecular complexity index is 828. The number of Topliss-reactive ketones (excluding diaryl/α,β-unsaturated/α-hetero) is 1. The van der Waals surface area contributed by atoms with Crippen molar-refractivity contribution in [1.82, 2.24) is 30.0 Å². The predicted molar refractivity (Wildman–Crippen MR) is 109 cm³/mol. The number of ketones is 1. The van der Waals surface area contributed by atoms with E-state index in [1.54, 1.807) is 9.58 Å². The lowest BCUT2D eigenvalue weighted by Gasteiger charge is -2.32. The fourth-order valence-corrected chi connectivity index (χ4v) is 4.89. The second-order valence-corrected chi connectivity index (χ2v) is 9.18. The topological polar surface area (TPSA) is 84.2 Å². The molecule has 1 atom stereocenters. The summed E-state index contributed by atoms with van der Waals surface area (Å²) in [5.74, 6) is 1.52. The van der Waals surface area contributed by atoms with E-state index < -0.39 is 0 Å². The Kier molecular flexibility index (Phi) is 6.34. The molecule has 0 unspecified atom stereocenters. The molecule has 2 fully saturated rings. The van der Waals surface area contributed by atoms with Crippen LogP contribution in [0.5, 0.6) is 0 Å². The molecule has 0 bridgehead atoms. The molecule has 156 valence electrons. The van der Waals surface area contributed by atoms with Crippen LogP contribution in [0, 0.1) is 11.8 Å². The van der Waals surface area contributed by atoms with Crippen molar-refractivity contribution >= 4 is 23.0 Å². The third-order valence-electron chi connectivity index (χ3n) is 6.04. The first-order valence-electron chi connectivity index (χ1n) is 10.4. The van der Waals surface area contributed by atoms with Crippen LogP contribution in [0.4, 0.5) is 0 Å². The van der Waals surface area contributed by atoms with Gasteiger partial charge in [-0.1, -0.05) is 13.0 Å². The fraction of sp³-hybridized carbons (Fsp3) is 0.650. The van der Waals surface area contributed by atoms with Gasteiger partial charge in [0.05, 0.1) is 11.4 Å². The first-order valence-corrected chi connectivity index (χ1v) is 11.3. The number of likely N-dealkylation sites (tertiary alicyclic amines) is 2. The summed E-state index contributed by atoms with van der Waals surface area (Å²) in [6.07, 6.45) is 4.06. The number of carbonyl (C=O) groups excluding carboxylic acids is 2. The SMILES string of the molecule is CC1CCN(Cc2nnnn2CC(=O)N2CCC[C@@H](C(=O)c3cccs3)C2)CC1. The largest absolute Gasteiger partial charge is 0.340 e. The zero-order valence-corrected chi connectivity index (χ0v) is 17.7. The molecule has 4 heterocycles. The molecule has 29 heavy (non-hydrogen) atoms. The van der Waals surface area contributed by atoms with Crippen molar-refractivity contribution in [2.45, 2.75) is 45.7 Å². The van der Waals surface area contributed by atoms with Gasteiger partial charge in [-0.05, 0) is 66.6 Å². The van der Waals surface area contributed by atoms with Gasteiger partial charge < -0.3 is 4.90 Å². The third kappa shape index (κ3) is 4.90. The van der Waals surface area contributed by atoms with E-state index in [0.29, 0.717) is 19.6 Å². The normalized spacial score (nSPS) is 21.4. The Labute approximate surface area is 174 Å². The molecule has 0 aromatic carbocycles. The average Bonchev–Trinajstić information content (AvgIpc) is 3.42. The van der Waals surface area contributed by atoms with E-state index in [1.807, 2.05) is 17.5 Å². The molecule has 0 radical (unpaired) electrons. The van der Waals surface area contributed by atoms with Crippen molar-refractivity contribution in [3.63, 3.8) is 0 Å². The number of carbonyl (C=O) groups is 2. The van der Waals surface area contributed by atoms with Crippen LogP contribution >= 0.6 is 11.3 Å². The van der Waals surface area contributed by atoms with Crippen LogP contribution in [0.15, 0.2) is 17.5 Å². The van der Waals surface area contributed by atoms with Crippen molar-refractivity contribution in [1.29, 1.82) is 0 Å². The smallest absolute Gasteiger partial charge is 0.244 e. The lowest BCUT2D eigenvalue weighted by Crippen LogP contribution is -2.44. The molecule has 0 aliphatic carbocycles. The van der Waals surface area contributed by atoms with E-state index in [2.05, 4.69) is 27.3 Å². The Hall–Kier alpha value is -2.13. The minimum absolute atomic E-state index is 0.0190. The highest BCUT2D eigenvalue weighted by atomic mass is 32.1.